The fourth-order valence-electron chi connectivity index (χ4n) is 2.01. The van der Waals surface area contributed by atoms with E-state index in [1.807, 2.05) is 19.1 Å². The second-order valence-electron chi connectivity index (χ2n) is 5.02. The van der Waals surface area contributed by atoms with Crippen LogP contribution in [0.4, 0.5) is 0 Å². The number of rotatable bonds is 7. The zero-order valence-corrected chi connectivity index (χ0v) is 13.2. The molecule has 3 rings (SSSR count). The number of nitrogens with one attached hydrogen (secondary N) is 1. The minimum atomic E-state index is -0.222. The highest BCUT2D eigenvalue weighted by atomic mass is 16.5. The van der Waals surface area contributed by atoms with E-state index in [9.17, 15) is 4.79 Å². The fourth-order valence-corrected chi connectivity index (χ4v) is 2.01. The number of ether oxygens (including phenoxy) is 1. The molecule has 0 saturated carbocycles. The first kappa shape index (κ1) is 15.8. The Labute approximate surface area is 138 Å². The highest BCUT2D eigenvalue weighted by Gasteiger charge is 2.08. The van der Waals surface area contributed by atoms with Gasteiger partial charge < -0.3 is 18.9 Å². The molecule has 1 amide bonds. The summed E-state index contributed by atoms with van der Waals surface area (Å²) < 4.78 is 16.1. The Morgan fingerprint density at radius 3 is 2.71 bits per heavy atom. The predicted octanol–water partition coefficient (Wildman–Crippen LogP) is 2.59. The van der Waals surface area contributed by atoms with Gasteiger partial charge in [-0.05, 0) is 36.4 Å². The Hall–Kier alpha value is -3.09. The van der Waals surface area contributed by atoms with E-state index < -0.39 is 0 Å². The molecule has 0 aliphatic heterocycles. The number of nitrogens with zero attached hydrogens (tertiary/aromatic N) is 2. The monoisotopic (exact) mass is 327 g/mol. The maximum Gasteiger partial charge on any atom is 0.258 e. The number of carbonyl (C=O) groups is 1. The van der Waals surface area contributed by atoms with Crippen LogP contribution in [0, 0.1) is 0 Å². The van der Waals surface area contributed by atoms with Crippen molar-refractivity contribution in [3.8, 4) is 17.2 Å². The van der Waals surface area contributed by atoms with Crippen molar-refractivity contribution in [2.24, 2.45) is 0 Å². The first-order valence-electron chi connectivity index (χ1n) is 7.59. The van der Waals surface area contributed by atoms with Crippen molar-refractivity contribution in [2.45, 2.75) is 19.9 Å². The Morgan fingerprint density at radius 2 is 2.04 bits per heavy atom. The molecule has 0 fully saturated rings. The molecule has 0 unspecified atom stereocenters. The van der Waals surface area contributed by atoms with Crippen molar-refractivity contribution in [2.75, 3.05) is 6.61 Å². The lowest BCUT2D eigenvalue weighted by Crippen LogP contribution is -2.28. The van der Waals surface area contributed by atoms with Gasteiger partial charge in [-0.3, -0.25) is 4.79 Å². The molecule has 1 N–H and O–H groups in total. The zero-order valence-electron chi connectivity index (χ0n) is 13.2. The maximum atomic E-state index is 11.7. The number of aryl methyl sites for hydroxylation is 1. The SMILES string of the molecule is CCc1nnc(-c2ccc(OCC(=O)NCc3ccco3)cc2)o1. The van der Waals surface area contributed by atoms with Crippen LogP contribution in [0.15, 0.2) is 51.5 Å². The van der Waals surface area contributed by atoms with Crippen LogP contribution in [-0.2, 0) is 17.8 Å². The second kappa shape index (κ2) is 7.45. The molecule has 2 heterocycles. The van der Waals surface area contributed by atoms with E-state index in [0.717, 1.165) is 5.56 Å². The smallest absolute Gasteiger partial charge is 0.258 e. The predicted molar refractivity (Wildman–Crippen MR) is 85.2 cm³/mol. The third kappa shape index (κ3) is 4.01. The molecule has 3 aromatic rings. The summed E-state index contributed by atoms with van der Waals surface area (Å²) in [5.74, 6) is 2.12. The molecule has 0 aliphatic carbocycles. The van der Waals surface area contributed by atoms with Gasteiger partial charge in [-0.1, -0.05) is 6.92 Å². The molecular formula is C17H17N3O4. The Kier molecular flexibility index (Phi) is 4.90. The summed E-state index contributed by atoms with van der Waals surface area (Å²) in [4.78, 5) is 11.7. The summed E-state index contributed by atoms with van der Waals surface area (Å²) in [6.07, 6.45) is 2.26. The van der Waals surface area contributed by atoms with Gasteiger partial charge in [-0.25, -0.2) is 0 Å². The van der Waals surface area contributed by atoms with Crippen molar-refractivity contribution < 1.29 is 18.4 Å². The number of hydrogen-bond donors (Lipinski definition) is 1. The minimum absolute atomic E-state index is 0.0689. The molecule has 7 heteroatoms. The highest BCUT2D eigenvalue weighted by Crippen LogP contribution is 2.21. The largest absolute Gasteiger partial charge is 0.484 e. The third-order valence-corrected chi connectivity index (χ3v) is 3.28. The van der Waals surface area contributed by atoms with E-state index in [-0.39, 0.29) is 12.5 Å². The van der Waals surface area contributed by atoms with Crippen molar-refractivity contribution in [3.05, 3.63) is 54.3 Å². The molecule has 0 radical (unpaired) electrons. The molecule has 124 valence electrons. The number of carbonyl (C=O) groups excluding carboxylic acids is 1. The average molecular weight is 327 g/mol. The molecule has 0 spiro atoms. The van der Waals surface area contributed by atoms with Gasteiger partial charge in [-0.2, -0.15) is 0 Å². The van der Waals surface area contributed by atoms with Gasteiger partial charge in [-0.15, -0.1) is 10.2 Å². The van der Waals surface area contributed by atoms with E-state index >= 15 is 0 Å². The van der Waals surface area contributed by atoms with Crippen molar-refractivity contribution in [3.63, 3.8) is 0 Å². The molecule has 2 aromatic heterocycles. The summed E-state index contributed by atoms with van der Waals surface area (Å²) >= 11 is 0. The Bertz CT molecular complexity index is 779. The molecule has 0 saturated heterocycles. The summed E-state index contributed by atoms with van der Waals surface area (Å²) in [6.45, 7) is 2.22. The first-order chi connectivity index (χ1) is 11.7. The van der Waals surface area contributed by atoms with Crippen LogP contribution in [0.2, 0.25) is 0 Å². The van der Waals surface area contributed by atoms with Gasteiger partial charge in [0.25, 0.3) is 5.91 Å². The lowest BCUT2D eigenvalue weighted by atomic mass is 10.2. The molecule has 0 aliphatic rings. The van der Waals surface area contributed by atoms with Gasteiger partial charge in [0, 0.05) is 12.0 Å². The normalized spacial score (nSPS) is 10.5. The summed E-state index contributed by atoms with van der Waals surface area (Å²) in [7, 11) is 0. The first-order valence-corrected chi connectivity index (χ1v) is 7.59. The number of benzene rings is 1. The second-order valence-corrected chi connectivity index (χ2v) is 5.02. The maximum absolute atomic E-state index is 11.7. The molecule has 0 bridgehead atoms. The lowest BCUT2D eigenvalue weighted by Gasteiger charge is -2.07. The van der Waals surface area contributed by atoms with E-state index in [2.05, 4.69) is 15.5 Å². The highest BCUT2D eigenvalue weighted by molar-refractivity contribution is 5.77. The van der Waals surface area contributed by atoms with Crippen LogP contribution in [0.25, 0.3) is 11.5 Å². The molecule has 0 atom stereocenters. The quantitative estimate of drug-likeness (QED) is 0.717. The number of amides is 1. The van der Waals surface area contributed by atoms with Gasteiger partial charge in [0.1, 0.15) is 11.5 Å². The molecular weight excluding hydrogens is 310 g/mol. The minimum Gasteiger partial charge on any atom is -0.484 e. The average Bonchev–Trinajstić information content (AvgIpc) is 3.30. The van der Waals surface area contributed by atoms with Gasteiger partial charge >= 0.3 is 0 Å². The summed E-state index contributed by atoms with van der Waals surface area (Å²) in [5, 5.41) is 10.6. The van der Waals surface area contributed by atoms with E-state index in [1.165, 1.54) is 0 Å². The van der Waals surface area contributed by atoms with Crippen molar-refractivity contribution in [1.29, 1.82) is 0 Å². The fraction of sp³-hybridized carbons (Fsp3) is 0.235. The van der Waals surface area contributed by atoms with Crippen LogP contribution >= 0.6 is 0 Å². The topological polar surface area (TPSA) is 90.4 Å². The van der Waals surface area contributed by atoms with Crippen molar-refractivity contribution in [1.82, 2.24) is 15.5 Å². The van der Waals surface area contributed by atoms with Crippen LogP contribution in [0.1, 0.15) is 18.6 Å². The standard InChI is InChI=1S/C17H17N3O4/c1-2-16-19-20-17(24-16)12-5-7-13(8-6-12)23-11-15(21)18-10-14-4-3-9-22-14/h3-9H,2,10-11H2,1H3,(H,18,21). The van der Waals surface area contributed by atoms with E-state index in [1.54, 1.807) is 30.5 Å². The third-order valence-electron chi connectivity index (χ3n) is 3.28. The Balaban J connectivity index is 1.49. The summed E-state index contributed by atoms with van der Waals surface area (Å²) in [6, 6.07) is 10.7. The van der Waals surface area contributed by atoms with Crippen LogP contribution in [0.3, 0.4) is 0 Å². The number of hydrogen-bond acceptors (Lipinski definition) is 6. The molecule has 7 nitrogen and oxygen atoms in total. The lowest BCUT2D eigenvalue weighted by molar-refractivity contribution is -0.123. The molecule has 1 aromatic carbocycles. The van der Waals surface area contributed by atoms with Crippen molar-refractivity contribution >= 4 is 5.91 Å². The number of aromatic nitrogens is 2. The van der Waals surface area contributed by atoms with E-state index in [4.69, 9.17) is 13.6 Å². The van der Waals surface area contributed by atoms with Crippen LogP contribution in [-0.4, -0.2) is 22.7 Å². The van der Waals surface area contributed by atoms with Gasteiger partial charge in [0.15, 0.2) is 6.61 Å². The van der Waals surface area contributed by atoms with E-state index in [0.29, 0.717) is 36.3 Å². The molecule has 24 heavy (non-hydrogen) atoms. The Morgan fingerprint density at radius 1 is 1.21 bits per heavy atom. The number of furan rings is 1. The zero-order chi connectivity index (χ0) is 16.8. The van der Waals surface area contributed by atoms with Crippen LogP contribution in [0.5, 0.6) is 5.75 Å². The summed E-state index contributed by atoms with van der Waals surface area (Å²) in [5.41, 5.74) is 0.803. The van der Waals surface area contributed by atoms with Gasteiger partial charge in [0.2, 0.25) is 11.8 Å². The van der Waals surface area contributed by atoms with Crippen LogP contribution < -0.4 is 10.1 Å². The van der Waals surface area contributed by atoms with Gasteiger partial charge in [0.05, 0.1) is 12.8 Å².